The molecule has 0 amide bonds. The van der Waals surface area contributed by atoms with Crippen molar-refractivity contribution in [3.8, 4) is 11.5 Å². The molecule has 4 nitrogen and oxygen atoms in total. The van der Waals surface area contributed by atoms with E-state index in [2.05, 4.69) is 6.92 Å². The van der Waals surface area contributed by atoms with Crippen LogP contribution in [0, 0.1) is 0 Å². The summed E-state index contributed by atoms with van der Waals surface area (Å²) in [6.45, 7) is 2.18. The summed E-state index contributed by atoms with van der Waals surface area (Å²) >= 11 is 0. The number of hydrogen-bond donors (Lipinski definition) is 2. The van der Waals surface area contributed by atoms with Crippen molar-refractivity contribution in [1.82, 2.24) is 0 Å². The van der Waals surface area contributed by atoms with Gasteiger partial charge in [-0.05, 0) is 24.5 Å². The van der Waals surface area contributed by atoms with Gasteiger partial charge in [-0.2, -0.15) is 0 Å². The number of phenolic OH excluding ortho intramolecular Hbond substituents is 2. The minimum atomic E-state index is -0.484. The molecule has 0 aliphatic carbocycles. The molecule has 1 heterocycles. The number of benzene rings is 1. The highest BCUT2D eigenvalue weighted by molar-refractivity contribution is 5.95. The Morgan fingerprint density at radius 1 is 1.20 bits per heavy atom. The summed E-state index contributed by atoms with van der Waals surface area (Å²) in [6, 6.07) is 2.71. The van der Waals surface area contributed by atoms with E-state index in [4.69, 9.17) is 4.74 Å². The second-order valence-electron chi connectivity index (χ2n) is 5.43. The first-order valence-corrected chi connectivity index (χ1v) is 7.37. The van der Waals surface area contributed by atoms with Crippen LogP contribution in [0.5, 0.6) is 11.5 Å². The van der Waals surface area contributed by atoms with E-state index in [1.807, 2.05) is 0 Å². The van der Waals surface area contributed by atoms with E-state index < -0.39 is 5.97 Å². The summed E-state index contributed by atoms with van der Waals surface area (Å²) in [7, 11) is 0. The molecule has 1 aliphatic heterocycles. The number of carbonyl (C=O) groups is 1. The number of rotatable bonds is 6. The number of ether oxygens (including phenoxy) is 1. The maximum Gasteiger partial charge on any atom is 0.342 e. The third kappa shape index (κ3) is 3.44. The van der Waals surface area contributed by atoms with Crippen molar-refractivity contribution in [2.75, 3.05) is 0 Å². The molecule has 1 unspecified atom stereocenters. The zero-order valence-electron chi connectivity index (χ0n) is 11.9. The molecule has 1 aromatic rings. The number of cyclic esters (lactones) is 1. The van der Waals surface area contributed by atoms with E-state index in [9.17, 15) is 15.0 Å². The van der Waals surface area contributed by atoms with Crippen molar-refractivity contribution >= 4 is 5.97 Å². The van der Waals surface area contributed by atoms with Crippen LogP contribution >= 0.6 is 0 Å². The Bertz CT molecular complexity index is 482. The molecule has 0 saturated carbocycles. The molecule has 1 aromatic carbocycles. The predicted molar refractivity (Wildman–Crippen MR) is 76.1 cm³/mol. The van der Waals surface area contributed by atoms with Gasteiger partial charge in [-0.3, -0.25) is 0 Å². The van der Waals surface area contributed by atoms with E-state index in [0.29, 0.717) is 12.0 Å². The van der Waals surface area contributed by atoms with Gasteiger partial charge in [0.1, 0.15) is 23.2 Å². The molecule has 1 atom stereocenters. The topological polar surface area (TPSA) is 66.8 Å². The fourth-order valence-corrected chi connectivity index (χ4v) is 2.70. The third-order valence-electron chi connectivity index (χ3n) is 3.74. The fourth-order valence-electron chi connectivity index (χ4n) is 2.70. The highest BCUT2D eigenvalue weighted by Gasteiger charge is 2.29. The second-order valence-corrected chi connectivity index (χ2v) is 5.43. The summed E-state index contributed by atoms with van der Waals surface area (Å²) in [4.78, 5) is 11.9. The normalized spacial score (nSPS) is 17.6. The van der Waals surface area contributed by atoms with Crippen LogP contribution < -0.4 is 0 Å². The SMILES string of the molecule is CCCCCCCC1Cc2cc(O)cc(O)c2C(=O)O1. The van der Waals surface area contributed by atoms with Crippen molar-refractivity contribution in [3.05, 3.63) is 23.3 Å². The molecule has 0 bridgehead atoms. The maximum absolute atomic E-state index is 11.9. The van der Waals surface area contributed by atoms with E-state index in [1.165, 1.54) is 25.3 Å². The summed E-state index contributed by atoms with van der Waals surface area (Å²) in [5.41, 5.74) is 0.877. The van der Waals surface area contributed by atoms with Gasteiger partial charge in [0, 0.05) is 12.5 Å². The molecule has 0 aromatic heterocycles. The molecule has 1 aliphatic rings. The lowest BCUT2D eigenvalue weighted by Crippen LogP contribution is -2.27. The quantitative estimate of drug-likeness (QED) is 0.617. The molecule has 20 heavy (non-hydrogen) atoms. The third-order valence-corrected chi connectivity index (χ3v) is 3.74. The van der Waals surface area contributed by atoms with Crippen LogP contribution in [0.15, 0.2) is 12.1 Å². The first-order chi connectivity index (χ1) is 9.61. The van der Waals surface area contributed by atoms with Gasteiger partial charge in [0.05, 0.1) is 0 Å². The van der Waals surface area contributed by atoms with Gasteiger partial charge >= 0.3 is 5.97 Å². The van der Waals surface area contributed by atoms with Gasteiger partial charge in [-0.25, -0.2) is 4.79 Å². The Kier molecular flexibility index (Phi) is 4.88. The van der Waals surface area contributed by atoms with Crippen LogP contribution in [0.25, 0.3) is 0 Å². The number of aromatic hydroxyl groups is 2. The molecule has 0 radical (unpaired) electrons. The van der Waals surface area contributed by atoms with Gasteiger partial charge in [-0.1, -0.05) is 32.6 Å². The number of esters is 1. The van der Waals surface area contributed by atoms with Crippen LogP contribution in [0.4, 0.5) is 0 Å². The van der Waals surface area contributed by atoms with Crippen molar-refractivity contribution in [2.45, 2.75) is 58.0 Å². The molecule has 0 spiro atoms. The summed E-state index contributed by atoms with van der Waals surface area (Å²) in [6.07, 6.45) is 7.13. The Hall–Kier alpha value is -1.71. The first kappa shape index (κ1) is 14.7. The van der Waals surface area contributed by atoms with Gasteiger partial charge in [0.2, 0.25) is 0 Å². The molecule has 4 heteroatoms. The maximum atomic E-state index is 11.9. The van der Waals surface area contributed by atoms with Crippen LogP contribution in [0.2, 0.25) is 0 Å². The Labute approximate surface area is 119 Å². The van der Waals surface area contributed by atoms with Gasteiger partial charge in [0.15, 0.2) is 0 Å². The minimum Gasteiger partial charge on any atom is -0.508 e. The lowest BCUT2D eigenvalue weighted by atomic mass is 9.94. The average Bonchev–Trinajstić information content (AvgIpc) is 2.37. The van der Waals surface area contributed by atoms with E-state index in [-0.39, 0.29) is 23.2 Å². The number of phenols is 2. The predicted octanol–water partition coefficient (Wildman–Crippen LogP) is 3.54. The van der Waals surface area contributed by atoms with Crippen molar-refractivity contribution in [1.29, 1.82) is 0 Å². The average molecular weight is 278 g/mol. The molecule has 2 rings (SSSR count). The second kappa shape index (κ2) is 6.64. The summed E-state index contributed by atoms with van der Waals surface area (Å²) in [5, 5.41) is 19.2. The molecule has 110 valence electrons. The number of hydrogen-bond acceptors (Lipinski definition) is 4. The van der Waals surface area contributed by atoms with Gasteiger partial charge in [0.25, 0.3) is 0 Å². The van der Waals surface area contributed by atoms with E-state index in [1.54, 1.807) is 6.07 Å². The monoisotopic (exact) mass is 278 g/mol. The standard InChI is InChI=1S/C16H22O4/c1-2-3-4-5-6-7-13-9-11-8-12(17)10-14(18)15(11)16(19)20-13/h8,10,13,17-18H,2-7,9H2,1H3. The molecule has 0 saturated heterocycles. The Morgan fingerprint density at radius 3 is 2.70 bits per heavy atom. The lowest BCUT2D eigenvalue weighted by molar-refractivity contribution is 0.0227. The summed E-state index contributed by atoms with van der Waals surface area (Å²) in [5.74, 6) is -0.702. The molecule has 0 fully saturated rings. The van der Waals surface area contributed by atoms with Crippen molar-refractivity contribution < 1.29 is 19.7 Å². The number of unbranched alkanes of at least 4 members (excludes halogenated alkanes) is 4. The molecular weight excluding hydrogens is 256 g/mol. The zero-order valence-corrected chi connectivity index (χ0v) is 11.9. The number of carbonyl (C=O) groups excluding carboxylic acids is 1. The van der Waals surface area contributed by atoms with E-state index >= 15 is 0 Å². The van der Waals surface area contributed by atoms with Crippen LogP contribution in [0.1, 0.15) is 61.4 Å². The summed E-state index contributed by atoms with van der Waals surface area (Å²) < 4.78 is 5.36. The smallest absolute Gasteiger partial charge is 0.342 e. The van der Waals surface area contributed by atoms with Crippen molar-refractivity contribution in [2.24, 2.45) is 0 Å². The van der Waals surface area contributed by atoms with Crippen LogP contribution in [-0.4, -0.2) is 22.3 Å². The highest BCUT2D eigenvalue weighted by atomic mass is 16.5. The Balaban J connectivity index is 1.95. The molecular formula is C16H22O4. The highest BCUT2D eigenvalue weighted by Crippen LogP contribution is 2.33. The zero-order chi connectivity index (χ0) is 14.5. The van der Waals surface area contributed by atoms with Gasteiger partial charge < -0.3 is 14.9 Å². The van der Waals surface area contributed by atoms with Crippen LogP contribution in [-0.2, 0) is 11.2 Å². The first-order valence-electron chi connectivity index (χ1n) is 7.37. The van der Waals surface area contributed by atoms with Crippen LogP contribution in [0.3, 0.4) is 0 Å². The van der Waals surface area contributed by atoms with Crippen molar-refractivity contribution in [3.63, 3.8) is 0 Å². The lowest BCUT2D eigenvalue weighted by Gasteiger charge is -2.25. The van der Waals surface area contributed by atoms with E-state index in [0.717, 1.165) is 19.3 Å². The Morgan fingerprint density at radius 2 is 1.95 bits per heavy atom. The number of fused-ring (bicyclic) bond motifs is 1. The molecule has 2 N–H and O–H groups in total. The largest absolute Gasteiger partial charge is 0.508 e. The fraction of sp³-hybridized carbons (Fsp3) is 0.562. The minimum absolute atomic E-state index is 0.0161. The van der Waals surface area contributed by atoms with Gasteiger partial charge in [-0.15, -0.1) is 0 Å².